The maximum absolute atomic E-state index is 12.3. The summed E-state index contributed by atoms with van der Waals surface area (Å²) in [6.07, 6.45) is 3.22. The summed E-state index contributed by atoms with van der Waals surface area (Å²) in [5, 5.41) is 0. The van der Waals surface area contributed by atoms with Crippen LogP contribution >= 0.6 is 0 Å². The summed E-state index contributed by atoms with van der Waals surface area (Å²) < 4.78 is 0. The van der Waals surface area contributed by atoms with Crippen molar-refractivity contribution < 1.29 is 4.79 Å². The Morgan fingerprint density at radius 1 is 1.25 bits per heavy atom. The molecule has 0 heterocycles. The molecule has 0 radical (unpaired) electrons. The fourth-order valence-electron chi connectivity index (χ4n) is 2.49. The lowest BCUT2D eigenvalue weighted by Gasteiger charge is -2.30. The van der Waals surface area contributed by atoms with Gasteiger partial charge in [0.15, 0.2) is 0 Å². The number of nitrogens with two attached hydrogens (primary N) is 1. The third-order valence-electron chi connectivity index (χ3n) is 3.70. The van der Waals surface area contributed by atoms with Gasteiger partial charge in [-0.3, -0.25) is 4.79 Å². The molecule has 0 spiro atoms. The molecule has 0 bridgehead atoms. The SMILES string of the molecule is CCC(Cc1ccccc1)N(CC)C(=O)CCC(C)N. The van der Waals surface area contributed by atoms with Crippen LogP contribution in [-0.4, -0.2) is 29.4 Å². The van der Waals surface area contributed by atoms with E-state index in [4.69, 9.17) is 5.73 Å². The first-order chi connectivity index (χ1) is 9.58. The molecule has 0 aliphatic heterocycles. The summed E-state index contributed by atoms with van der Waals surface area (Å²) in [4.78, 5) is 14.3. The van der Waals surface area contributed by atoms with Crippen LogP contribution in [-0.2, 0) is 11.2 Å². The van der Waals surface area contributed by atoms with Crippen molar-refractivity contribution in [3.8, 4) is 0 Å². The highest BCUT2D eigenvalue weighted by atomic mass is 16.2. The minimum absolute atomic E-state index is 0.0897. The van der Waals surface area contributed by atoms with Crippen molar-refractivity contribution in [3.63, 3.8) is 0 Å². The first kappa shape index (κ1) is 16.7. The maximum Gasteiger partial charge on any atom is 0.222 e. The minimum Gasteiger partial charge on any atom is -0.340 e. The van der Waals surface area contributed by atoms with Crippen LogP contribution in [0.5, 0.6) is 0 Å². The second kappa shape index (κ2) is 8.75. The molecule has 20 heavy (non-hydrogen) atoms. The largest absolute Gasteiger partial charge is 0.340 e. The van der Waals surface area contributed by atoms with Gasteiger partial charge in [0.25, 0.3) is 0 Å². The van der Waals surface area contributed by atoms with E-state index in [1.807, 2.05) is 17.9 Å². The summed E-state index contributed by atoms with van der Waals surface area (Å²) in [5.41, 5.74) is 7.03. The van der Waals surface area contributed by atoms with E-state index in [1.165, 1.54) is 5.56 Å². The smallest absolute Gasteiger partial charge is 0.222 e. The molecular formula is C17H28N2O. The second-order valence-electron chi connectivity index (χ2n) is 5.45. The van der Waals surface area contributed by atoms with Gasteiger partial charge in [0.1, 0.15) is 0 Å². The number of carbonyl (C=O) groups excluding carboxylic acids is 1. The number of likely N-dealkylation sites (N-methyl/N-ethyl adjacent to an activating group) is 1. The molecule has 3 heteroatoms. The standard InChI is InChI=1S/C17H28N2O/c1-4-16(13-15-9-7-6-8-10-15)19(5-2)17(20)12-11-14(3)18/h6-10,14,16H,4-5,11-13,18H2,1-3H3. The molecule has 1 aromatic carbocycles. The number of hydrogen-bond acceptors (Lipinski definition) is 2. The van der Waals surface area contributed by atoms with Crippen molar-refractivity contribution in [2.75, 3.05) is 6.54 Å². The van der Waals surface area contributed by atoms with Gasteiger partial charge in [-0.2, -0.15) is 0 Å². The number of hydrogen-bond donors (Lipinski definition) is 1. The Bertz CT molecular complexity index is 389. The molecule has 2 N–H and O–H groups in total. The van der Waals surface area contributed by atoms with E-state index in [0.717, 1.165) is 25.8 Å². The van der Waals surface area contributed by atoms with Crippen LogP contribution in [0.2, 0.25) is 0 Å². The fourth-order valence-corrected chi connectivity index (χ4v) is 2.49. The molecule has 0 aromatic heterocycles. The summed E-state index contributed by atoms with van der Waals surface area (Å²) in [6.45, 7) is 6.92. The van der Waals surface area contributed by atoms with Gasteiger partial charge in [-0.1, -0.05) is 37.3 Å². The average molecular weight is 276 g/mol. The van der Waals surface area contributed by atoms with Gasteiger partial charge in [0, 0.05) is 25.0 Å². The Labute approximate surface area is 123 Å². The zero-order chi connectivity index (χ0) is 15.0. The number of benzene rings is 1. The summed E-state index contributed by atoms with van der Waals surface area (Å²) in [5.74, 6) is 0.229. The van der Waals surface area contributed by atoms with E-state index < -0.39 is 0 Å². The van der Waals surface area contributed by atoms with E-state index in [-0.39, 0.29) is 18.0 Å². The molecule has 112 valence electrons. The Morgan fingerprint density at radius 3 is 2.40 bits per heavy atom. The molecule has 1 rings (SSSR count). The molecule has 0 fully saturated rings. The van der Waals surface area contributed by atoms with Crippen LogP contribution in [0.4, 0.5) is 0 Å². The van der Waals surface area contributed by atoms with Crippen molar-refractivity contribution in [3.05, 3.63) is 35.9 Å². The molecule has 0 saturated carbocycles. The van der Waals surface area contributed by atoms with Crippen LogP contribution in [0.25, 0.3) is 0 Å². The minimum atomic E-state index is 0.0897. The maximum atomic E-state index is 12.3. The van der Waals surface area contributed by atoms with E-state index in [1.54, 1.807) is 0 Å². The summed E-state index contributed by atoms with van der Waals surface area (Å²) >= 11 is 0. The van der Waals surface area contributed by atoms with E-state index in [2.05, 4.69) is 38.1 Å². The van der Waals surface area contributed by atoms with Crippen LogP contribution in [0, 0.1) is 0 Å². The van der Waals surface area contributed by atoms with Gasteiger partial charge in [-0.05, 0) is 38.7 Å². The highest BCUT2D eigenvalue weighted by molar-refractivity contribution is 5.76. The highest BCUT2D eigenvalue weighted by Crippen LogP contribution is 2.14. The van der Waals surface area contributed by atoms with Crippen LogP contribution in [0.15, 0.2) is 30.3 Å². The molecular weight excluding hydrogens is 248 g/mol. The molecule has 1 amide bonds. The molecule has 0 aliphatic rings. The van der Waals surface area contributed by atoms with Gasteiger partial charge < -0.3 is 10.6 Å². The first-order valence-corrected chi connectivity index (χ1v) is 7.67. The van der Waals surface area contributed by atoms with Crippen LogP contribution < -0.4 is 5.73 Å². The number of carbonyl (C=O) groups is 1. The van der Waals surface area contributed by atoms with Gasteiger partial charge >= 0.3 is 0 Å². The normalized spacial score (nSPS) is 13.8. The van der Waals surface area contributed by atoms with Crippen LogP contribution in [0.1, 0.15) is 45.6 Å². The summed E-state index contributed by atoms with van der Waals surface area (Å²) in [6, 6.07) is 10.8. The second-order valence-corrected chi connectivity index (χ2v) is 5.45. The molecule has 1 aromatic rings. The predicted octanol–water partition coefficient (Wildman–Crippen LogP) is 2.98. The molecule has 2 atom stereocenters. The van der Waals surface area contributed by atoms with Gasteiger partial charge in [0.2, 0.25) is 5.91 Å². The number of nitrogens with zero attached hydrogens (tertiary/aromatic N) is 1. The monoisotopic (exact) mass is 276 g/mol. The Kier molecular flexibility index (Phi) is 7.31. The van der Waals surface area contributed by atoms with Crippen molar-refractivity contribution >= 4 is 5.91 Å². The Morgan fingerprint density at radius 2 is 1.90 bits per heavy atom. The van der Waals surface area contributed by atoms with E-state index in [9.17, 15) is 4.79 Å². The molecule has 0 saturated heterocycles. The van der Waals surface area contributed by atoms with Gasteiger partial charge in [-0.15, -0.1) is 0 Å². The van der Waals surface area contributed by atoms with E-state index in [0.29, 0.717) is 6.42 Å². The van der Waals surface area contributed by atoms with E-state index >= 15 is 0 Å². The average Bonchev–Trinajstić information content (AvgIpc) is 2.45. The van der Waals surface area contributed by atoms with Crippen molar-refractivity contribution in [2.24, 2.45) is 5.73 Å². The molecule has 3 nitrogen and oxygen atoms in total. The van der Waals surface area contributed by atoms with Crippen LogP contribution in [0.3, 0.4) is 0 Å². The zero-order valence-corrected chi connectivity index (χ0v) is 13.0. The van der Waals surface area contributed by atoms with Crippen molar-refractivity contribution in [1.82, 2.24) is 4.90 Å². The van der Waals surface area contributed by atoms with Gasteiger partial charge in [-0.25, -0.2) is 0 Å². The quantitative estimate of drug-likeness (QED) is 0.793. The molecule has 0 aliphatic carbocycles. The highest BCUT2D eigenvalue weighted by Gasteiger charge is 2.21. The lowest BCUT2D eigenvalue weighted by Crippen LogP contribution is -2.41. The predicted molar refractivity (Wildman–Crippen MR) is 84.5 cm³/mol. The fraction of sp³-hybridized carbons (Fsp3) is 0.588. The summed E-state index contributed by atoms with van der Waals surface area (Å²) in [7, 11) is 0. The van der Waals surface area contributed by atoms with Crippen molar-refractivity contribution in [1.29, 1.82) is 0 Å². The van der Waals surface area contributed by atoms with Gasteiger partial charge in [0.05, 0.1) is 0 Å². The lowest BCUT2D eigenvalue weighted by molar-refractivity contribution is -0.133. The number of amides is 1. The van der Waals surface area contributed by atoms with Crippen molar-refractivity contribution in [2.45, 2.75) is 58.5 Å². The zero-order valence-electron chi connectivity index (χ0n) is 13.0. The Balaban J connectivity index is 2.66. The third-order valence-corrected chi connectivity index (χ3v) is 3.70. The Hall–Kier alpha value is -1.35. The molecule has 2 unspecified atom stereocenters. The number of rotatable bonds is 8. The lowest BCUT2D eigenvalue weighted by atomic mass is 10.0. The first-order valence-electron chi connectivity index (χ1n) is 7.67. The third kappa shape index (κ3) is 5.33. The topological polar surface area (TPSA) is 46.3 Å².